The number of aliphatic hydroxyl groups excluding tert-OH is 1. The van der Waals surface area contributed by atoms with Crippen LogP contribution in [0.4, 0.5) is 0 Å². The average molecular weight is 254 g/mol. The number of fused-ring (bicyclic) bond motifs is 1. The summed E-state index contributed by atoms with van der Waals surface area (Å²) in [6.07, 6.45) is 0.225. The number of aryl methyl sites for hydroxylation is 1. The molecule has 0 amide bonds. The topological polar surface area (TPSA) is 93.6 Å². The smallest absolute Gasteiger partial charge is 0.330 e. The molecule has 1 aromatic heterocycles. The van der Waals surface area contributed by atoms with Gasteiger partial charge in [0.1, 0.15) is 18.4 Å². The molecule has 4 atom stereocenters. The Morgan fingerprint density at radius 3 is 3.00 bits per heavy atom. The summed E-state index contributed by atoms with van der Waals surface area (Å²) < 4.78 is 12.3. The summed E-state index contributed by atoms with van der Waals surface area (Å²) in [7, 11) is 0. The first-order valence-corrected chi connectivity index (χ1v) is 5.83. The standard InChI is InChI=1S/C11H14N2O5/c1-5-3-13(11(16)12-10(5)15)8-2-7-9(18-8)6(14)4-17-7/h3,6-9,14H,2,4H2,1H3,(H,12,15,16)/t6-,7-,8-,9-/m1/s1. The maximum atomic E-state index is 11.7. The van der Waals surface area contributed by atoms with Crippen molar-refractivity contribution in [2.75, 3.05) is 6.61 Å². The minimum Gasteiger partial charge on any atom is -0.388 e. The van der Waals surface area contributed by atoms with Crippen LogP contribution in [0.2, 0.25) is 0 Å². The molecule has 0 aromatic carbocycles. The number of aliphatic hydroxyl groups is 1. The van der Waals surface area contributed by atoms with E-state index in [4.69, 9.17) is 9.47 Å². The van der Waals surface area contributed by atoms with Gasteiger partial charge in [0.25, 0.3) is 5.56 Å². The molecule has 3 heterocycles. The van der Waals surface area contributed by atoms with Crippen molar-refractivity contribution < 1.29 is 14.6 Å². The van der Waals surface area contributed by atoms with Crippen LogP contribution in [0.15, 0.2) is 15.8 Å². The van der Waals surface area contributed by atoms with E-state index in [1.165, 1.54) is 10.8 Å². The predicted molar refractivity (Wildman–Crippen MR) is 60.3 cm³/mol. The largest absolute Gasteiger partial charge is 0.388 e. The van der Waals surface area contributed by atoms with Crippen molar-refractivity contribution in [3.05, 3.63) is 32.6 Å². The van der Waals surface area contributed by atoms with Gasteiger partial charge in [-0.2, -0.15) is 0 Å². The molecule has 0 spiro atoms. The summed E-state index contributed by atoms with van der Waals surface area (Å²) in [5.41, 5.74) is -0.465. The third-order valence-corrected chi connectivity index (χ3v) is 3.43. The van der Waals surface area contributed by atoms with Crippen molar-refractivity contribution in [3.63, 3.8) is 0 Å². The normalized spacial score (nSPS) is 34.8. The molecule has 0 saturated carbocycles. The highest BCUT2D eigenvalue weighted by Gasteiger charge is 2.46. The number of nitrogens with one attached hydrogen (secondary N) is 1. The quantitative estimate of drug-likeness (QED) is 0.663. The molecule has 0 bridgehead atoms. The number of ether oxygens (including phenoxy) is 2. The van der Waals surface area contributed by atoms with E-state index < -0.39 is 29.7 Å². The zero-order chi connectivity index (χ0) is 12.9. The zero-order valence-electron chi connectivity index (χ0n) is 9.83. The van der Waals surface area contributed by atoms with E-state index in [2.05, 4.69) is 4.98 Å². The first-order valence-electron chi connectivity index (χ1n) is 5.83. The summed E-state index contributed by atoms with van der Waals surface area (Å²) in [4.78, 5) is 25.2. The predicted octanol–water partition coefficient (Wildman–Crippen LogP) is -1.11. The Kier molecular flexibility index (Phi) is 2.61. The first-order chi connectivity index (χ1) is 8.56. The summed E-state index contributed by atoms with van der Waals surface area (Å²) in [6, 6.07) is 0. The number of aromatic amines is 1. The third kappa shape index (κ3) is 1.71. The van der Waals surface area contributed by atoms with Gasteiger partial charge in [0, 0.05) is 18.2 Å². The summed E-state index contributed by atoms with van der Waals surface area (Å²) in [5, 5.41) is 9.64. The van der Waals surface area contributed by atoms with E-state index in [1.54, 1.807) is 6.92 Å². The van der Waals surface area contributed by atoms with Gasteiger partial charge in [-0.15, -0.1) is 0 Å². The lowest BCUT2D eigenvalue weighted by atomic mass is 10.1. The van der Waals surface area contributed by atoms with Crippen LogP contribution in [0.5, 0.6) is 0 Å². The Balaban J connectivity index is 1.92. The first kappa shape index (κ1) is 11.6. The lowest BCUT2D eigenvalue weighted by Crippen LogP contribution is -2.34. The van der Waals surface area contributed by atoms with Crippen molar-refractivity contribution >= 4 is 0 Å². The highest BCUT2D eigenvalue weighted by atomic mass is 16.6. The fraction of sp³-hybridized carbons (Fsp3) is 0.636. The molecule has 2 N–H and O–H groups in total. The molecule has 18 heavy (non-hydrogen) atoms. The Labute approximate surface area is 102 Å². The van der Waals surface area contributed by atoms with Crippen LogP contribution in [0.1, 0.15) is 18.2 Å². The number of aromatic nitrogens is 2. The Bertz CT molecular complexity index is 578. The summed E-state index contributed by atoms with van der Waals surface area (Å²) in [5.74, 6) is 0. The SMILES string of the molecule is Cc1cn([C@H]2C[C@H]3OC[C@@H](O)[C@H]3O2)c(=O)[nH]c1=O. The van der Waals surface area contributed by atoms with E-state index in [0.29, 0.717) is 12.0 Å². The molecule has 1 aromatic rings. The van der Waals surface area contributed by atoms with Gasteiger partial charge in [-0.05, 0) is 6.92 Å². The van der Waals surface area contributed by atoms with Crippen molar-refractivity contribution in [1.29, 1.82) is 0 Å². The second-order valence-corrected chi connectivity index (χ2v) is 4.71. The minimum absolute atomic E-state index is 0.191. The molecule has 7 nitrogen and oxygen atoms in total. The van der Waals surface area contributed by atoms with Crippen molar-refractivity contribution in [2.45, 2.75) is 37.9 Å². The van der Waals surface area contributed by atoms with Crippen molar-refractivity contribution in [2.24, 2.45) is 0 Å². The van der Waals surface area contributed by atoms with Gasteiger partial charge in [-0.25, -0.2) is 4.79 Å². The van der Waals surface area contributed by atoms with E-state index in [-0.39, 0.29) is 12.7 Å². The molecule has 2 aliphatic heterocycles. The average Bonchev–Trinajstić information content (AvgIpc) is 2.87. The molecule has 2 aliphatic rings. The summed E-state index contributed by atoms with van der Waals surface area (Å²) in [6.45, 7) is 1.89. The highest BCUT2D eigenvalue weighted by Crippen LogP contribution is 2.35. The molecule has 0 aliphatic carbocycles. The van der Waals surface area contributed by atoms with Crippen molar-refractivity contribution in [3.8, 4) is 0 Å². The second kappa shape index (κ2) is 4.04. The van der Waals surface area contributed by atoms with Gasteiger partial charge in [-0.3, -0.25) is 14.3 Å². The number of hydrogen-bond donors (Lipinski definition) is 2. The Morgan fingerprint density at radius 2 is 2.28 bits per heavy atom. The second-order valence-electron chi connectivity index (χ2n) is 4.71. The number of H-pyrrole nitrogens is 1. The molecule has 0 unspecified atom stereocenters. The Morgan fingerprint density at radius 1 is 1.50 bits per heavy atom. The number of rotatable bonds is 1. The van der Waals surface area contributed by atoms with Crippen LogP contribution >= 0.6 is 0 Å². The lowest BCUT2D eigenvalue weighted by Gasteiger charge is -2.16. The Hall–Kier alpha value is -1.44. The fourth-order valence-corrected chi connectivity index (χ4v) is 2.45. The molecule has 98 valence electrons. The molecule has 3 rings (SSSR count). The third-order valence-electron chi connectivity index (χ3n) is 3.43. The number of hydrogen-bond acceptors (Lipinski definition) is 5. The van der Waals surface area contributed by atoms with E-state index >= 15 is 0 Å². The lowest BCUT2D eigenvalue weighted by molar-refractivity contribution is -0.0492. The van der Waals surface area contributed by atoms with E-state index in [1.807, 2.05) is 0 Å². The maximum Gasteiger partial charge on any atom is 0.330 e. The fourth-order valence-electron chi connectivity index (χ4n) is 2.45. The molecular formula is C11H14N2O5. The molecule has 0 radical (unpaired) electrons. The minimum atomic E-state index is -0.653. The van der Waals surface area contributed by atoms with Gasteiger partial charge in [0.2, 0.25) is 0 Å². The highest BCUT2D eigenvalue weighted by molar-refractivity contribution is 5.02. The molecule has 2 fully saturated rings. The summed E-state index contributed by atoms with van der Waals surface area (Å²) >= 11 is 0. The van der Waals surface area contributed by atoms with Gasteiger partial charge >= 0.3 is 5.69 Å². The number of nitrogens with zero attached hydrogens (tertiary/aromatic N) is 1. The molecule has 7 heteroatoms. The van der Waals surface area contributed by atoms with Crippen LogP contribution in [0.25, 0.3) is 0 Å². The van der Waals surface area contributed by atoms with Crippen LogP contribution in [-0.4, -0.2) is 39.6 Å². The van der Waals surface area contributed by atoms with Gasteiger partial charge in [0.15, 0.2) is 0 Å². The van der Waals surface area contributed by atoms with E-state index in [9.17, 15) is 14.7 Å². The van der Waals surface area contributed by atoms with Crippen LogP contribution in [0.3, 0.4) is 0 Å². The van der Waals surface area contributed by atoms with Crippen LogP contribution in [-0.2, 0) is 9.47 Å². The van der Waals surface area contributed by atoms with Gasteiger partial charge < -0.3 is 14.6 Å². The molecule has 2 saturated heterocycles. The van der Waals surface area contributed by atoms with Gasteiger partial charge in [-0.1, -0.05) is 0 Å². The maximum absolute atomic E-state index is 11.7. The molecular weight excluding hydrogens is 240 g/mol. The van der Waals surface area contributed by atoms with Gasteiger partial charge in [0.05, 0.1) is 12.7 Å². The monoisotopic (exact) mass is 254 g/mol. The zero-order valence-corrected chi connectivity index (χ0v) is 9.83. The van der Waals surface area contributed by atoms with Crippen LogP contribution in [0, 0.1) is 6.92 Å². The van der Waals surface area contributed by atoms with Crippen LogP contribution < -0.4 is 11.2 Å². The van der Waals surface area contributed by atoms with E-state index in [0.717, 1.165) is 0 Å². The van der Waals surface area contributed by atoms with Crippen molar-refractivity contribution in [1.82, 2.24) is 9.55 Å².